The first-order valence-electron chi connectivity index (χ1n) is 5.28. The third kappa shape index (κ3) is 4.87. The third-order valence-corrected chi connectivity index (χ3v) is 2.96. The molecule has 0 aliphatic carbocycles. The van der Waals surface area contributed by atoms with Gasteiger partial charge in [0.2, 0.25) is 0 Å². The Morgan fingerprint density at radius 3 is 2.88 bits per heavy atom. The Bertz CT molecular complexity index is 413. The Morgan fingerprint density at radius 2 is 2.18 bits per heavy atom. The summed E-state index contributed by atoms with van der Waals surface area (Å²) in [4.78, 5) is 22.7. The van der Waals surface area contributed by atoms with Gasteiger partial charge < -0.3 is 4.74 Å². The molecule has 4 heteroatoms. The first kappa shape index (κ1) is 13.5. The summed E-state index contributed by atoms with van der Waals surface area (Å²) in [6.07, 6.45) is 3.96. The summed E-state index contributed by atoms with van der Waals surface area (Å²) in [6, 6.07) is 7.35. The molecule has 0 atom stereocenters. The van der Waals surface area contributed by atoms with Crippen molar-refractivity contribution < 1.29 is 14.3 Å². The Hall–Kier alpha value is -1.55. The van der Waals surface area contributed by atoms with E-state index in [0.717, 1.165) is 11.2 Å². The van der Waals surface area contributed by atoms with Gasteiger partial charge in [-0.3, -0.25) is 4.79 Å². The van der Waals surface area contributed by atoms with Gasteiger partial charge in [-0.2, -0.15) is 0 Å². The molecule has 3 nitrogen and oxygen atoms in total. The summed E-state index contributed by atoms with van der Waals surface area (Å²) in [7, 11) is 0. The Balaban J connectivity index is 2.45. The molecule has 0 fully saturated rings. The van der Waals surface area contributed by atoms with Crippen LogP contribution in [0.25, 0.3) is 0 Å². The molecule has 1 rings (SSSR count). The second-order valence-electron chi connectivity index (χ2n) is 3.12. The molecule has 17 heavy (non-hydrogen) atoms. The van der Waals surface area contributed by atoms with Crippen molar-refractivity contribution in [3.05, 3.63) is 42.0 Å². The highest BCUT2D eigenvalue weighted by Gasteiger charge is 1.99. The van der Waals surface area contributed by atoms with Crippen LogP contribution < -0.4 is 0 Å². The summed E-state index contributed by atoms with van der Waals surface area (Å²) >= 11 is 1.51. The lowest BCUT2D eigenvalue weighted by Crippen LogP contribution is -1.98. The van der Waals surface area contributed by atoms with Gasteiger partial charge in [0, 0.05) is 22.3 Å². The first-order chi connectivity index (χ1) is 8.27. The zero-order valence-corrected chi connectivity index (χ0v) is 10.4. The van der Waals surface area contributed by atoms with Crippen LogP contribution >= 0.6 is 11.8 Å². The number of rotatable bonds is 6. The number of hydrogen-bond donors (Lipinski definition) is 0. The number of esters is 1. The first-order valence-corrected chi connectivity index (χ1v) is 6.26. The number of carbonyl (C=O) groups is 2. The van der Waals surface area contributed by atoms with Crippen molar-refractivity contribution in [1.29, 1.82) is 0 Å². The van der Waals surface area contributed by atoms with E-state index in [2.05, 4.69) is 0 Å². The van der Waals surface area contributed by atoms with Crippen LogP contribution in [0.5, 0.6) is 0 Å². The molecule has 1 aromatic rings. The molecule has 0 aliphatic heterocycles. The number of hydrogen-bond acceptors (Lipinski definition) is 4. The number of aldehydes is 1. The van der Waals surface area contributed by atoms with Gasteiger partial charge in [-0.05, 0) is 13.0 Å². The normalized spacial score (nSPS) is 10.4. The second-order valence-corrected chi connectivity index (χ2v) is 4.18. The summed E-state index contributed by atoms with van der Waals surface area (Å²) in [5, 5.41) is 0. The Kier molecular flexibility index (Phi) is 6.10. The van der Waals surface area contributed by atoms with Crippen molar-refractivity contribution in [1.82, 2.24) is 0 Å². The molecule has 0 bridgehead atoms. The molecule has 0 saturated heterocycles. The van der Waals surface area contributed by atoms with E-state index in [1.165, 1.54) is 17.8 Å². The van der Waals surface area contributed by atoms with Gasteiger partial charge in [0.1, 0.15) is 0 Å². The highest BCUT2D eigenvalue weighted by Crippen LogP contribution is 2.21. The minimum atomic E-state index is -0.336. The predicted octanol–water partition coefficient (Wildman–Crippen LogP) is 2.71. The van der Waals surface area contributed by atoms with Gasteiger partial charge >= 0.3 is 5.97 Å². The molecule has 1 aromatic carbocycles. The molecule has 0 N–H and O–H groups in total. The number of ether oxygens (including phenoxy) is 1. The van der Waals surface area contributed by atoms with E-state index in [1.807, 2.05) is 18.2 Å². The molecule has 0 radical (unpaired) electrons. The average molecular weight is 250 g/mol. The minimum Gasteiger partial charge on any atom is -0.463 e. The van der Waals surface area contributed by atoms with Crippen LogP contribution in [0.1, 0.15) is 17.3 Å². The zero-order valence-electron chi connectivity index (χ0n) is 9.59. The van der Waals surface area contributed by atoms with Crippen LogP contribution in [0, 0.1) is 0 Å². The van der Waals surface area contributed by atoms with E-state index in [0.29, 0.717) is 17.9 Å². The fraction of sp³-hybridized carbons (Fsp3) is 0.231. The molecular weight excluding hydrogens is 236 g/mol. The molecule has 0 aliphatic rings. The standard InChI is InChI=1S/C13H14O3S/c1-2-16-13(15)8-5-9-17-12-7-4-3-6-11(12)10-14/h3-8,10H,2,9H2,1H3/b8-5+. The van der Waals surface area contributed by atoms with Gasteiger partial charge in [-0.15, -0.1) is 11.8 Å². The minimum absolute atomic E-state index is 0.336. The second kappa shape index (κ2) is 7.68. The van der Waals surface area contributed by atoms with Gasteiger partial charge in [0.25, 0.3) is 0 Å². The van der Waals surface area contributed by atoms with Crippen molar-refractivity contribution in [2.75, 3.05) is 12.4 Å². The molecule has 0 spiro atoms. The zero-order chi connectivity index (χ0) is 12.5. The summed E-state index contributed by atoms with van der Waals surface area (Å²) in [6.45, 7) is 2.14. The fourth-order valence-electron chi connectivity index (χ4n) is 1.18. The molecule has 90 valence electrons. The van der Waals surface area contributed by atoms with E-state index < -0.39 is 0 Å². The Morgan fingerprint density at radius 1 is 1.41 bits per heavy atom. The fourth-order valence-corrected chi connectivity index (χ4v) is 2.01. The van der Waals surface area contributed by atoms with E-state index in [-0.39, 0.29) is 5.97 Å². The maximum atomic E-state index is 11.0. The van der Waals surface area contributed by atoms with Gasteiger partial charge in [-0.25, -0.2) is 4.79 Å². The third-order valence-electron chi connectivity index (χ3n) is 1.92. The number of thioether (sulfide) groups is 1. The average Bonchev–Trinajstić information content (AvgIpc) is 2.35. The van der Waals surface area contributed by atoms with Crippen LogP contribution in [0.2, 0.25) is 0 Å². The smallest absolute Gasteiger partial charge is 0.330 e. The molecular formula is C13H14O3S. The van der Waals surface area contributed by atoms with Crippen LogP contribution in [-0.4, -0.2) is 24.6 Å². The maximum absolute atomic E-state index is 11.0. The molecule has 0 heterocycles. The number of carbonyl (C=O) groups excluding carboxylic acids is 2. The van der Waals surface area contributed by atoms with E-state index in [4.69, 9.17) is 4.74 Å². The topological polar surface area (TPSA) is 43.4 Å². The lowest BCUT2D eigenvalue weighted by atomic mass is 10.2. The van der Waals surface area contributed by atoms with Crippen molar-refractivity contribution >= 4 is 24.0 Å². The lowest BCUT2D eigenvalue weighted by molar-refractivity contribution is -0.137. The van der Waals surface area contributed by atoms with Gasteiger partial charge in [-0.1, -0.05) is 24.3 Å². The molecule has 0 amide bonds. The van der Waals surface area contributed by atoms with Crippen molar-refractivity contribution in [2.45, 2.75) is 11.8 Å². The molecule has 0 saturated carbocycles. The van der Waals surface area contributed by atoms with Crippen molar-refractivity contribution in [3.63, 3.8) is 0 Å². The summed E-state index contributed by atoms with van der Waals surface area (Å²) < 4.78 is 4.75. The van der Waals surface area contributed by atoms with Gasteiger partial charge in [0.05, 0.1) is 6.61 Å². The van der Waals surface area contributed by atoms with E-state index in [9.17, 15) is 9.59 Å². The van der Waals surface area contributed by atoms with E-state index >= 15 is 0 Å². The van der Waals surface area contributed by atoms with Crippen LogP contribution in [0.3, 0.4) is 0 Å². The van der Waals surface area contributed by atoms with Crippen LogP contribution in [0.15, 0.2) is 41.3 Å². The summed E-state index contributed by atoms with van der Waals surface area (Å²) in [5.74, 6) is 0.292. The van der Waals surface area contributed by atoms with Crippen molar-refractivity contribution in [2.24, 2.45) is 0 Å². The predicted molar refractivity (Wildman–Crippen MR) is 68.3 cm³/mol. The summed E-state index contributed by atoms with van der Waals surface area (Å²) in [5.41, 5.74) is 0.669. The molecule has 0 unspecified atom stereocenters. The monoisotopic (exact) mass is 250 g/mol. The largest absolute Gasteiger partial charge is 0.463 e. The highest BCUT2D eigenvalue weighted by molar-refractivity contribution is 7.99. The lowest BCUT2D eigenvalue weighted by Gasteiger charge is -2.01. The quantitative estimate of drug-likeness (QED) is 0.337. The van der Waals surface area contributed by atoms with Gasteiger partial charge in [0.15, 0.2) is 6.29 Å². The highest BCUT2D eigenvalue weighted by atomic mass is 32.2. The van der Waals surface area contributed by atoms with Crippen molar-refractivity contribution in [3.8, 4) is 0 Å². The Labute approximate surface area is 105 Å². The van der Waals surface area contributed by atoms with Crippen LogP contribution in [-0.2, 0) is 9.53 Å². The van der Waals surface area contributed by atoms with E-state index in [1.54, 1.807) is 19.1 Å². The SMILES string of the molecule is CCOC(=O)/C=C/CSc1ccccc1C=O. The maximum Gasteiger partial charge on any atom is 0.330 e. The molecule has 0 aromatic heterocycles. The number of benzene rings is 1. The van der Waals surface area contributed by atoms with Crippen LogP contribution in [0.4, 0.5) is 0 Å².